The number of imide groups is 1. The molecule has 1 N–H and O–H groups in total. The highest BCUT2D eigenvalue weighted by Crippen LogP contribution is 2.22. The topological polar surface area (TPSA) is 66.5 Å². The number of nitrogens with zero attached hydrogens (tertiary/aromatic N) is 1. The molecular formula is C18H20N2O3. The Balaban J connectivity index is 2.07. The SMILES string of the molecule is C=CCNC(=O)C(C)/C=C1\CC(=O)N(Cc2ccccc2)C1=O. The van der Waals surface area contributed by atoms with E-state index in [9.17, 15) is 14.4 Å². The summed E-state index contributed by atoms with van der Waals surface area (Å²) in [5.41, 5.74) is 1.28. The summed E-state index contributed by atoms with van der Waals surface area (Å²) in [5.74, 6) is -1.22. The molecule has 2 rings (SSSR count). The van der Waals surface area contributed by atoms with Crippen LogP contribution in [-0.4, -0.2) is 29.2 Å². The quantitative estimate of drug-likeness (QED) is 0.495. The lowest BCUT2D eigenvalue weighted by molar-refractivity contribution is -0.138. The number of rotatable bonds is 6. The second kappa shape index (κ2) is 7.54. The zero-order valence-corrected chi connectivity index (χ0v) is 13.1. The van der Waals surface area contributed by atoms with E-state index in [1.54, 1.807) is 19.1 Å². The van der Waals surface area contributed by atoms with Gasteiger partial charge in [-0.25, -0.2) is 0 Å². The first kappa shape index (κ1) is 16.7. The van der Waals surface area contributed by atoms with Gasteiger partial charge in [-0.3, -0.25) is 19.3 Å². The Morgan fingerprint density at radius 2 is 2.04 bits per heavy atom. The molecule has 3 amide bonds. The Morgan fingerprint density at radius 3 is 2.70 bits per heavy atom. The first-order chi connectivity index (χ1) is 11.0. The smallest absolute Gasteiger partial charge is 0.256 e. The van der Waals surface area contributed by atoms with E-state index in [1.807, 2.05) is 30.3 Å². The molecule has 5 heteroatoms. The van der Waals surface area contributed by atoms with Gasteiger partial charge in [0.1, 0.15) is 0 Å². The van der Waals surface area contributed by atoms with Crippen LogP contribution in [0.4, 0.5) is 0 Å². The molecule has 23 heavy (non-hydrogen) atoms. The van der Waals surface area contributed by atoms with Crippen LogP contribution in [0, 0.1) is 5.92 Å². The fourth-order valence-corrected chi connectivity index (χ4v) is 2.39. The highest BCUT2D eigenvalue weighted by atomic mass is 16.2. The van der Waals surface area contributed by atoms with Gasteiger partial charge in [0.05, 0.1) is 18.9 Å². The fraction of sp³-hybridized carbons (Fsp3) is 0.278. The first-order valence-electron chi connectivity index (χ1n) is 7.51. The third-order valence-electron chi connectivity index (χ3n) is 3.63. The molecular weight excluding hydrogens is 292 g/mol. The third kappa shape index (κ3) is 4.16. The predicted molar refractivity (Wildman–Crippen MR) is 87.1 cm³/mol. The molecule has 0 spiro atoms. The number of nitrogens with one attached hydrogen (secondary N) is 1. The molecule has 1 aromatic carbocycles. The van der Waals surface area contributed by atoms with Crippen LogP contribution < -0.4 is 5.32 Å². The molecule has 1 heterocycles. The fourth-order valence-electron chi connectivity index (χ4n) is 2.39. The summed E-state index contributed by atoms with van der Waals surface area (Å²) < 4.78 is 0. The van der Waals surface area contributed by atoms with Crippen LogP contribution in [0.25, 0.3) is 0 Å². The Labute approximate surface area is 135 Å². The van der Waals surface area contributed by atoms with Crippen LogP contribution in [0.2, 0.25) is 0 Å². The lowest BCUT2D eigenvalue weighted by atomic mass is 10.1. The van der Waals surface area contributed by atoms with Gasteiger partial charge in [-0.1, -0.05) is 49.4 Å². The van der Waals surface area contributed by atoms with E-state index in [4.69, 9.17) is 0 Å². The largest absolute Gasteiger partial charge is 0.352 e. The van der Waals surface area contributed by atoms with Crippen molar-refractivity contribution in [3.63, 3.8) is 0 Å². The average molecular weight is 312 g/mol. The van der Waals surface area contributed by atoms with Crippen molar-refractivity contribution in [1.29, 1.82) is 0 Å². The first-order valence-corrected chi connectivity index (χ1v) is 7.51. The van der Waals surface area contributed by atoms with Gasteiger partial charge in [0.2, 0.25) is 11.8 Å². The van der Waals surface area contributed by atoms with Gasteiger partial charge < -0.3 is 5.32 Å². The molecule has 1 aliphatic rings. The van der Waals surface area contributed by atoms with E-state index in [0.717, 1.165) is 5.56 Å². The molecule has 1 fully saturated rings. The standard InChI is InChI=1S/C18H20N2O3/c1-3-9-19-17(22)13(2)10-15-11-16(21)20(18(15)23)12-14-7-5-4-6-8-14/h3-8,10,13H,1,9,11-12H2,2H3,(H,19,22)/b15-10+. The number of likely N-dealkylation sites (tertiary alicyclic amines) is 1. The van der Waals surface area contributed by atoms with E-state index in [2.05, 4.69) is 11.9 Å². The van der Waals surface area contributed by atoms with Crippen LogP contribution in [0.1, 0.15) is 18.9 Å². The molecule has 0 bridgehead atoms. The van der Waals surface area contributed by atoms with Gasteiger partial charge in [0.25, 0.3) is 5.91 Å². The van der Waals surface area contributed by atoms with E-state index in [1.165, 1.54) is 4.90 Å². The summed E-state index contributed by atoms with van der Waals surface area (Å²) >= 11 is 0. The zero-order valence-electron chi connectivity index (χ0n) is 13.1. The molecule has 5 nitrogen and oxygen atoms in total. The van der Waals surface area contributed by atoms with Crippen LogP contribution in [-0.2, 0) is 20.9 Å². The van der Waals surface area contributed by atoms with Crippen LogP contribution in [0.15, 0.2) is 54.6 Å². The van der Waals surface area contributed by atoms with Crippen molar-refractivity contribution in [2.45, 2.75) is 19.9 Å². The summed E-state index contributed by atoms with van der Waals surface area (Å²) in [4.78, 5) is 37.5. The number of benzene rings is 1. The maximum atomic E-state index is 12.4. The molecule has 1 unspecified atom stereocenters. The van der Waals surface area contributed by atoms with Crippen LogP contribution >= 0.6 is 0 Å². The summed E-state index contributed by atoms with van der Waals surface area (Å²) in [6, 6.07) is 9.35. The van der Waals surface area contributed by atoms with Gasteiger partial charge in [-0.05, 0) is 5.56 Å². The maximum Gasteiger partial charge on any atom is 0.256 e. The molecule has 0 saturated carbocycles. The summed E-state index contributed by atoms with van der Waals surface area (Å²) in [7, 11) is 0. The number of hydrogen-bond donors (Lipinski definition) is 1. The Bertz CT molecular complexity index is 649. The van der Waals surface area contributed by atoms with Crippen LogP contribution in [0.5, 0.6) is 0 Å². The molecule has 1 aromatic rings. The lowest BCUT2D eigenvalue weighted by Gasteiger charge is -2.13. The monoisotopic (exact) mass is 312 g/mol. The van der Waals surface area contributed by atoms with Gasteiger partial charge >= 0.3 is 0 Å². The number of amides is 3. The molecule has 1 aliphatic heterocycles. The minimum absolute atomic E-state index is 0.0464. The molecule has 0 radical (unpaired) electrons. The number of hydrogen-bond acceptors (Lipinski definition) is 3. The van der Waals surface area contributed by atoms with Crippen molar-refractivity contribution in [2.75, 3.05) is 6.54 Å². The van der Waals surface area contributed by atoms with E-state index in [-0.39, 0.29) is 30.7 Å². The highest BCUT2D eigenvalue weighted by Gasteiger charge is 2.34. The second-order valence-corrected chi connectivity index (χ2v) is 5.46. The normalized spacial score (nSPS) is 17.4. The maximum absolute atomic E-state index is 12.4. The second-order valence-electron chi connectivity index (χ2n) is 5.46. The summed E-state index contributed by atoms with van der Waals surface area (Å²) in [5, 5.41) is 2.67. The van der Waals surface area contributed by atoms with Crippen molar-refractivity contribution in [1.82, 2.24) is 10.2 Å². The van der Waals surface area contributed by atoms with Crippen molar-refractivity contribution >= 4 is 17.7 Å². The lowest BCUT2D eigenvalue weighted by Crippen LogP contribution is -2.30. The van der Waals surface area contributed by atoms with Crippen LogP contribution in [0.3, 0.4) is 0 Å². The predicted octanol–water partition coefficient (Wildman–Crippen LogP) is 1.81. The average Bonchev–Trinajstić information content (AvgIpc) is 2.81. The molecule has 120 valence electrons. The number of carbonyl (C=O) groups is 3. The molecule has 0 aliphatic carbocycles. The van der Waals surface area contributed by atoms with Crippen molar-refractivity contribution in [2.24, 2.45) is 5.92 Å². The molecule has 0 aromatic heterocycles. The van der Waals surface area contributed by atoms with Crippen molar-refractivity contribution in [3.8, 4) is 0 Å². The zero-order chi connectivity index (χ0) is 16.8. The molecule has 1 saturated heterocycles. The molecule has 1 atom stereocenters. The van der Waals surface area contributed by atoms with Gasteiger partial charge in [0, 0.05) is 12.1 Å². The van der Waals surface area contributed by atoms with E-state index >= 15 is 0 Å². The Morgan fingerprint density at radius 1 is 1.35 bits per heavy atom. The Hall–Kier alpha value is -2.69. The third-order valence-corrected chi connectivity index (χ3v) is 3.63. The van der Waals surface area contributed by atoms with Gasteiger partial charge in [-0.2, -0.15) is 0 Å². The minimum atomic E-state index is -0.474. The highest BCUT2D eigenvalue weighted by molar-refractivity contribution is 6.13. The number of carbonyl (C=O) groups excluding carboxylic acids is 3. The van der Waals surface area contributed by atoms with Gasteiger partial charge in [-0.15, -0.1) is 6.58 Å². The summed E-state index contributed by atoms with van der Waals surface area (Å²) in [6.45, 7) is 5.86. The van der Waals surface area contributed by atoms with Crippen molar-refractivity contribution in [3.05, 3.63) is 60.2 Å². The van der Waals surface area contributed by atoms with E-state index < -0.39 is 5.92 Å². The van der Waals surface area contributed by atoms with E-state index in [0.29, 0.717) is 12.1 Å². The van der Waals surface area contributed by atoms with Gasteiger partial charge in [0.15, 0.2) is 0 Å². The van der Waals surface area contributed by atoms with Crippen molar-refractivity contribution < 1.29 is 14.4 Å². The summed E-state index contributed by atoms with van der Waals surface area (Å²) in [6.07, 6.45) is 3.21. The minimum Gasteiger partial charge on any atom is -0.352 e. The Kier molecular flexibility index (Phi) is 5.46.